The number of carbonyl (C=O) groups is 1. The number of carbonyl (C=O) groups excluding carboxylic acids is 1. The van der Waals surface area contributed by atoms with Gasteiger partial charge in [-0.25, -0.2) is 4.98 Å². The normalized spacial score (nSPS) is 24.2. The highest BCUT2D eigenvalue weighted by Gasteiger charge is 2.72. The maximum Gasteiger partial charge on any atom is 0.231 e. The summed E-state index contributed by atoms with van der Waals surface area (Å²) in [4.78, 5) is 17.4. The Kier molecular flexibility index (Phi) is 3.70. The Morgan fingerprint density at radius 2 is 2.00 bits per heavy atom. The summed E-state index contributed by atoms with van der Waals surface area (Å²) in [7, 11) is 0. The van der Waals surface area contributed by atoms with Gasteiger partial charge in [-0.2, -0.15) is 0 Å². The number of aryl methyl sites for hydroxylation is 1. The summed E-state index contributed by atoms with van der Waals surface area (Å²) in [6, 6.07) is 10.4. The van der Waals surface area contributed by atoms with Gasteiger partial charge in [-0.05, 0) is 37.2 Å². The van der Waals surface area contributed by atoms with E-state index in [1.807, 2.05) is 19.2 Å². The lowest BCUT2D eigenvalue weighted by Gasteiger charge is -2.23. The van der Waals surface area contributed by atoms with Gasteiger partial charge in [0.25, 0.3) is 0 Å². The standard InChI is InChI=1S/C20H25N3O/c1-16-21-11-13-23(16)14-12-22-18(24)20(17-7-3-2-4-8-17)15-19(20)9-5-6-10-19/h2-4,7-8,11,13H,5-6,9-10,12,14-15H2,1H3,(H,22,24). The van der Waals surface area contributed by atoms with Crippen molar-refractivity contribution in [2.45, 2.75) is 51.0 Å². The Morgan fingerprint density at radius 1 is 1.25 bits per heavy atom. The zero-order valence-electron chi connectivity index (χ0n) is 14.3. The van der Waals surface area contributed by atoms with Crippen molar-refractivity contribution in [2.24, 2.45) is 5.41 Å². The Labute approximate surface area is 143 Å². The number of nitrogens with one attached hydrogen (secondary N) is 1. The largest absolute Gasteiger partial charge is 0.354 e. The van der Waals surface area contributed by atoms with E-state index in [1.54, 1.807) is 6.20 Å². The second-order valence-corrected chi connectivity index (χ2v) is 7.36. The molecule has 2 aliphatic carbocycles. The Balaban J connectivity index is 1.50. The average molecular weight is 323 g/mol. The molecule has 4 nitrogen and oxygen atoms in total. The number of benzene rings is 1. The van der Waals surface area contributed by atoms with Crippen molar-refractivity contribution in [3.63, 3.8) is 0 Å². The van der Waals surface area contributed by atoms with Crippen LogP contribution in [0.2, 0.25) is 0 Å². The molecule has 4 rings (SSSR count). The van der Waals surface area contributed by atoms with Crippen LogP contribution in [0.15, 0.2) is 42.7 Å². The third-order valence-corrected chi connectivity index (χ3v) is 6.16. The third-order valence-electron chi connectivity index (χ3n) is 6.16. The summed E-state index contributed by atoms with van der Waals surface area (Å²) in [6.45, 7) is 3.41. The first kappa shape index (κ1) is 15.4. The summed E-state index contributed by atoms with van der Waals surface area (Å²) >= 11 is 0. The molecule has 1 spiro atoms. The van der Waals surface area contributed by atoms with Crippen LogP contribution < -0.4 is 5.32 Å². The Morgan fingerprint density at radius 3 is 2.67 bits per heavy atom. The van der Waals surface area contributed by atoms with E-state index in [-0.39, 0.29) is 16.7 Å². The molecule has 0 saturated heterocycles. The van der Waals surface area contributed by atoms with Gasteiger partial charge in [0.1, 0.15) is 5.82 Å². The fraction of sp³-hybridized carbons (Fsp3) is 0.500. The number of nitrogens with zero attached hydrogens (tertiary/aromatic N) is 2. The molecule has 1 N–H and O–H groups in total. The molecule has 1 amide bonds. The van der Waals surface area contributed by atoms with Crippen LogP contribution in [0, 0.1) is 12.3 Å². The van der Waals surface area contributed by atoms with Gasteiger partial charge >= 0.3 is 0 Å². The Hall–Kier alpha value is -2.10. The van der Waals surface area contributed by atoms with Crippen molar-refractivity contribution in [3.05, 3.63) is 54.1 Å². The minimum Gasteiger partial charge on any atom is -0.354 e. The smallest absolute Gasteiger partial charge is 0.231 e. The van der Waals surface area contributed by atoms with Crippen molar-refractivity contribution >= 4 is 5.91 Å². The van der Waals surface area contributed by atoms with Crippen LogP contribution in [0.1, 0.15) is 43.5 Å². The molecule has 1 unspecified atom stereocenters. The molecular weight excluding hydrogens is 298 g/mol. The first-order chi connectivity index (χ1) is 11.7. The average Bonchev–Trinajstić information content (AvgIpc) is 2.87. The molecular formula is C20H25N3O. The predicted molar refractivity (Wildman–Crippen MR) is 93.6 cm³/mol. The van der Waals surface area contributed by atoms with Crippen LogP contribution in [0.4, 0.5) is 0 Å². The van der Waals surface area contributed by atoms with Gasteiger partial charge in [-0.3, -0.25) is 4.79 Å². The lowest BCUT2D eigenvalue weighted by atomic mass is 9.84. The predicted octanol–water partition coefficient (Wildman–Crippen LogP) is 3.21. The number of rotatable bonds is 5. The monoisotopic (exact) mass is 323 g/mol. The minimum atomic E-state index is -0.297. The minimum absolute atomic E-state index is 0.212. The van der Waals surface area contributed by atoms with Crippen LogP contribution in [-0.4, -0.2) is 22.0 Å². The van der Waals surface area contributed by atoms with Crippen molar-refractivity contribution in [2.75, 3.05) is 6.54 Å². The molecule has 1 atom stereocenters. The van der Waals surface area contributed by atoms with E-state index in [0.717, 1.165) is 18.8 Å². The molecule has 4 heteroatoms. The van der Waals surface area contributed by atoms with E-state index in [1.165, 1.54) is 31.2 Å². The van der Waals surface area contributed by atoms with Gasteiger partial charge in [-0.1, -0.05) is 43.2 Å². The third kappa shape index (κ3) is 2.27. The van der Waals surface area contributed by atoms with Crippen LogP contribution in [0.5, 0.6) is 0 Å². The number of aromatic nitrogens is 2. The second-order valence-electron chi connectivity index (χ2n) is 7.36. The summed E-state index contributed by atoms with van der Waals surface area (Å²) < 4.78 is 2.08. The zero-order chi connectivity index (χ0) is 16.6. The molecule has 2 fully saturated rings. The fourth-order valence-corrected chi connectivity index (χ4v) is 4.78. The van der Waals surface area contributed by atoms with Gasteiger partial charge < -0.3 is 9.88 Å². The second kappa shape index (κ2) is 5.76. The lowest BCUT2D eigenvalue weighted by molar-refractivity contribution is -0.124. The SMILES string of the molecule is Cc1nccn1CCNC(=O)C1(c2ccccc2)CC12CCCC2. The first-order valence-electron chi connectivity index (χ1n) is 9.00. The number of hydrogen-bond donors (Lipinski definition) is 1. The summed E-state index contributed by atoms with van der Waals surface area (Å²) in [5.41, 5.74) is 1.11. The molecule has 1 aromatic carbocycles. The highest BCUT2D eigenvalue weighted by molar-refractivity contribution is 5.93. The topological polar surface area (TPSA) is 46.9 Å². The van der Waals surface area contributed by atoms with Crippen LogP contribution in [-0.2, 0) is 16.8 Å². The summed E-state index contributed by atoms with van der Waals surface area (Å²) in [5.74, 6) is 1.20. The van der Waals surface area contributed by atoms with Crippen LogP contribution >= 0.6 is 0 Å². The molecule has 0 aliphatic heterocycles. The molecule has 24 heavy (non-hydrogen) atoms. The van der Waals surface area contributed by atoms with E-state index in [4.69, 9.17) is 0 Å². The van der Waals surface area contributed by atoms with E-state index >= 15 is 0 Å². The zero-order valence-corrected chi connectivity index (χ0v) is 14.3. The molecule has 0 bridgehead atoms. The van der Waals surface area contributed by atoms with Crippen molar-refractivity contribution < 1.29 is 4.79 Å². The Bertz CT molecular complexity index is 730. The lowest BCUT2D eigenvalue weighted by Crippen LogP contribution is -2.39. The van der Waals surface area contributed by atoms with Crippen LogP contribution in [0.3, 0.4) is 0 Å². The number of imidazole rings is 1. The van der Waals surface area contributed by atoms with Crippen molar-refractivity contribution in [1.82, 2.24) is 14.9 Å². The molecule has 2 aliphatic rings. The van der Waals surface area contributed by atoms with Gasteiger partial charge in [0.05, 0.1) is 5.41 Å². The maximum atomic E-state index is 13.2. The highest BCUT2D eigenvalue weighted by Crippen LogP contribution is 2.72. The molecule has 126 valence electrons. The maximum absolute atomic E-state index is 13.2. The number of amides is 1. The van der Waals surface area contributed by atoms with E-state index in [9.17, 15) is 4.79 Å². The summed E-state index contributed by atoms with van der Waals surface area (Å²) in [6.07, 6.45) is 9.68. The van der Waals surface area contributed by atoms with E-state index in [0.29, 0.717) is 6.54 Å². The molecule has 0 radical (unpaired) electrons. The molecule has 1 aromatic heterocycles. The molecule has 2 aromatic rings. The highest BCUT2D eigenvalue weighted by atomic mass is 16.2. The summed E-state index contributed by atoms with van der Waals surface area (Å²) in [5, 5.41) is 3.21. The fourth-order valence-electron chi connectivity index (χ4n) is 4.78. The van der Waals surface area contributed by atoms with Crippen molar-refractivity contribution in [3.8, 4) is 0 Å². The van der Waals surface area contributed by atoms with E-state index < -0.39 is 0 Å². The first-order valence-corrected chi connectivity index (χ1v) is 9.00. The van der Waals surface area contributed by atoms with Crippen molar-refractivity contribution in [1.29, 1.82) is 0 Å². The van der Waals surface area contributed by atoms with Gasteiger partial charge in [-0.15, -0.1) is 0 Å². The van der Waals surface area contributed by atoms with Gasteiger partial charge in [0.15, 0.2) is 0 Å². The molecule has 2 saturated carbocycles. The molecule has 1 heterocycles. The van der Waals surface area contributed by atoms with Crippen LogP contribution in [0.25, 0.3) is 0 Å². The number of hydrogen-bond acceptors (Lipinski definition) is 2. The van der Waals surface area contributed by atoms with Gasteiger partial charge in [0.2, 0.25) is 5.91 Å². The van der Waals surface area contributed by atoms with E-state index in [2.05, 4.69) is 39.1 Å². The van der Waals surface area contributed by atoms with Gasteiger partial charge in [0, 0.05) is 25.5 Å². The quantitative estimate of drug-likeness (QED) is 0.918.